The van der Waals surface area contributed by atoms with Gasteiger partial charge in [-0.1, -0.05) is 18.2 Å². The van der Waals surface area contributed by atoms with E-state index in [9.17, 15) is 22.8 Å². The summed E-state index contributed by atoms with van der Waals surface area (Å²) < 4.78 is 44.7. The Hall–Kier alpha value is -2.09. The van der Waals surface area contributed by atoms with E-state index in [1.807, 2.05) is 0 Å². The maximum absolute atomic E-state index is 13.1. The zero-order valence-corrected chi connectivity index (χ0v) is 13.3. The van der Waals surface area contributed by atoms with Crippen molar-refractivity contribution in [2.24, 2.45) is 5.92 Å². The van der Waals surface area contributed by atoms with Crippen molar-refractivity contribution < 1.29 is 32.6 Å². The van der Waals surface area contributed by atoms with Crippen LogP contribution in [0.2, 0.25) is 0 Å². The minimum atomic E-state index is -4.46. The number of ether oxygens (including phenoxy) is 1. The maximum atomic E-state index is 13.1. The van der Waals surface area contributed by atoms with Crippen molar-refractivity contribution in [3.05, 3.63) is 35.4 Å². The number of aliphatic carboxylic acids is 1. The highest BCUT2D eigenvalue weighted by Gasteiger charge is 2.50. The molecule has 1 saturated heterocycles. The number of halogens is 3. The summed E-state index contributed by atoms with van der Waals surface area (Å²) in [6, 6.07) is 4.73. The van der Waals surface area contributed by atoms with Gasteiger partial charge >= 0.3 is 12.1 Å². The third-order valence-electron chi connectivity index (χ3n) is 4.69. The highest BCUT2D eigenvalue weighted by molar-refractivity contribution is 5.84. The lowest BCUT2D eigenvalue weighted by Gasteiger charge is -2.35. The number of nitrogens with zero attached hydrogens (tertiary/aromatic N) is 1. The van der Waals surface area contributed by atoms with Crippen LogP contribution in [-0.4, -0.2) is 47.7 Å². The molecule has 0 bridgehead atoms. The molecule has 1 aromatic carbocycles. The van der Waals surface area contributed by atoms with E-state index in [0.717, 1.165) is 6.07 Å². The lowest BCUT2D eigenvalue weighted by atomic mass is 10.0. The Balaban J connectivity index is 1.75. The molecule has 3 atom stereocenters. The molecule has 2 fully saturated rings. The standard InChI is InChI=1S/C17H18F3NO4/c18-17(19,20)14-4-2-1-3-11(14)12-8-13(12)16(24)21-5-6-25-9-10(21)7-15(22)23/h1-4,10,12-13H,5-9H2,(H,22,23). The van der Waals surface area contributed by atoms with Crippen LogP contribution in [0.25, 0.3) is 0 Å². The van der Waals surface area contributed by atoms with E-state index < -0.39 is 35.6 Å². The zero-order chi connectivity index (χ0) is 18.2. The van der Waals surface area contributed by atoms with Crippen LogP contribution >= 0.6 is 0 Å². The topological polar surface area (TPSA) is 66.8 Å². The highest BCUT2D eigenvalue weighted by atomic mass is 19.4. The summed E-state index contributed by atoms with van der Waals surface area (Å²) >= 11 is 0. The number of hydrogen-bond acceptors (Lipinski definition) is 3. The molecule has 0 aromatic heterocycles. The van der Waals surface area contributed by atoms with Crippen molar-refractivity contribution in [2.45, 2.75) is 31.0 Å². The molecule has 1 aliphatic heterocycles. The van der Waals surface area contributed by atoms with E-state index in [2.05, 4.69) is 0 Å². The van der Waals surface area contributed by atoms with Gasteiger partial charge in [-0.15, -0.1) is 0 Å². The van der Waals surface area contributed by atoms with E-state index in [0.29, 0.717) is 13.0 Å². The van der Waals surface area contributed by atoms with Crippen LogP contribution in [0.5, 0.6) is 0 Å². The molecule has 3 unspecified atom stereocenters. The number of carboxylic acid groups (broad SMARTS) is 1. The molecule has 136 valence electrons. The molecule has 0 radical (unpaired) electrons. The molecule has 1 N–H and O–H groups in total. The normalized spacial score (nSPS) is 26.4. The quantitative estimate of drug-likeness (QED) is 0.899. The number of carbonyl (C=O) groups is 2. The van der Waals surface area contributed by atoms with Gasteiger partial charge in [-0.25, -0.2) is 0 Å². The second-order valence-corrected chi connectivity index (χ2v) is 6.39. The first kappa shape index (κ1) is 17.7. The van der Waals surface area contributed by atoms with Gasteiger partial charge in [0.1, 0.15) is 0 Å². The van der Waals surface area contributed by atoms with Gasteiger partial charge in [-0.3, -0.25) is 9.59 Å². The molecule has 8 heteroatoms. The fraction of sp³-hybridized carbons (Fsp3) is 0.529. The van der Waals surface area contributed by atoms with Gasteiger partial charge in [-0.2, -0.15) is 13.2 Å². The molecular formula is C17H18F3NO4. The van der Waals surface area contributed by atoms with Gasteiger partial charge in [0.2, 0.25) is 5.91 Å². The Kier molecular flexibility index (Phi) is 4.73. The van der Waals surface area contributed by atoms with Crippen molar-refractivity contribution in [1.82, 2.24) is 4.90 Å². The fourth-order valence-electron chi connectivity index (χ4n) is 3.42. The lowest BCUT2D eigenvalue weighted by molar-refractivity contribution is -0.147. The van der Waals surface area contributed by atoms with Gasteiger partial charge in [0, 0.05) is 12.5 Å². The predicted octanol–water partition coefficient (Wildman–Crippen LogP) is 2.51. The minimum Gasteiger partial charge on any atom is -0.481 e. The molecule has 5 nitrogen and oxygen atoms in total. The molecule has 0 spiro atoms. The summed E-state index contributed by atoms with van der Waals surface area (Å²) in [6.07, 6.45) is -4.34. The van der Waals surface area contributed by atoms with Crippen molar-refractivity contribution in [1.29, 1.82) is 0 Å². The average Bonchev–Trinajstić information content (AvgIpc) is 3.34. The summed E-state index contributed by atoms with van der Waals surface area (Å²) in [5.41, 5.74) is -0.573. The van der Waals surface area contributed by atoms with Crippen LogP contribution in [0.1, 0.15) is 29.9 Å². The number of carboxylic acids is 1. The smallest absolute Gasteiger partial charge is 0.416 e. The van der Waals surface area contributed by atoms with E-state index in [1.165, 1.54) is 23.1 Å². The molecule has 3 rings (SSSR count). The number of hydrogen-bond donors (Lipinski definition) is 1. The Morgan fingerprint density at radius 2 is 2.00 bits per heavy atom. The monoisotopic (exact) mass is 357 g/mol. The molecule has 2 aliphatic rings. The third-order valence-corrected chi connectivity index (χ3v) is 4.69. The molecule has 1 amide bonds. The molecule has 1 aliphatic carbocycles. The van der Waals surface area contributed by atoms with Crippen molar-refractivity contribution >= 4 is 11.9 Å². The molecule has 1 heterocycles. The average molecular weight is 357 g/mol. The van der Waals surface area contributed by atoms with E-state index in [1.54, 1.807) is 0 Å². The van der Waals surface area contributed by atoms with Crippen molar-refractivity contribution in [3.63, 3.8) is 0 Å². The minimum absolute atomic E-state index is 0.133. The van der Waals surface area contributed by atoms with Crippen LogP contribution < -0.4 is 0 Å². The highest BCUT2D eigenvalue weighted by Crippen LogP contribution is 2.52. The maximum Gasteiger partial charge on any atom is 0.416 e. The summed E-state index contributed by atoms with van der Waals surface area (Å²) in [7, 11) is 0. The first-order chi connectivity index (χ1) is 11.8. The van der Waals surface area contributed by atoms with Crippen LogP contribution in [0.3, 0.4) is 0 Å². The lowest BCUT2D eigenvalue weighted by Crippen LogP contribution is -2.50. The van der Waals surface area contributed by atoms with Crippen LogP contribution in [0, 0.1) is 5.92 Å². The zero-order valence-electron chi connectivity index (χ0n) is 13.3. The number of benzene rings is 1. The number of carbonyl (C=O) groups excluding carboxylic acids is 1. The van der Waals surface area contributed by atoms with E-state index >= 15 is 0 Å². The first-order valence-corrected chi connectivity index (χ1v) is 8.05. The SMILES string of the molecule is O=C(O)CC1COCCN1C(=O)C1CC1c1ccccc1C(F)(F)F. The second-order valence-electron chi connectivity index (χ2n) is 6.39. The van der Waals surface area contributed by atoms with E-state index in [4.69, 9.17) is 9.84 Å². The molecule has 1 saturated carbocycles. The van der Waals surface area contributed by atoms with Gasteiger partial charge < -0.3 is 14.7 Å². The van der Waals surface area contributed by atoms with Crippen LogP contribution in [-0.2, 0) is 20.5 Å². The van der Waals surface area contributed by atoms with Crippen LogP contribution in [0.4, 0.5) is 13.2 Å². The Morgan fingerprint density at radius 1 is 1.28 bits per heavy atom. The van der Waals surface area contributed by atoms with E-state index in [-0.39, 0.29) is 31.0 Å². The van der Waals surface area contributed by atoms with Gasteiger partial charge in [-0.05, 0) is 24.0 Å². The molecule has 25 heavy (non-hydrogen) atoms. The summed E-state index contributed by atoms with van der Waals surface area (Å²) in [6.45, 7) is 0.702. The summed E-state index contributed by atoms with van der Waals surface area (Å²) in [4.78, 5) is 25.1. The first-order valence-electron chi connectivity index (χ1n) is 8.05. The van der Waals surface area contributed by atoms with Crippen LogP contribution in [0.15, 0.2) is 24.3 Å². The van der Waals surface area contributed by atoms with Crippen molar-refractivity contribution in [2.75, 3.05) is 19.8 Å². The van der Waals surface area contributed by atoms with Gasteiger partial charge in [0.25, 0.3) is 0 Å². The summed E-state index contributed by atoms with van der Waals surface area (Å²) in [5, 5.41) is 8.96. The molecule has 1 aromatic rings. The predicted molar refractivity (Wildman–Crippen MR) is 80.9 cm³/mol. The third kappa shape index (κ3) is 3.78. The summed E-state index contributed by atoms with van der Waals surface area (Å²) in [5.74, 6) is -2.32. The molecular weight excluding hydrogens is 339 g/mol. The second kappa shape index (κ2) is 6.67. The fourth-order valence-corrected chi connectivity index (χ4v) is 3.42. The number of amides is 1. The Morgan fingerprint density at radius 3 is 2.68 bits per heavy atom. The Labute approximate surface area is 142 Å². The number of rotatable bonds is 4. The van der Waals surface area contributed by atoms with Crippen molar-refractivity contribution in [3.8, 4) is 0 Å². The van der Waals surface area contributed by atoms with Gasteiger partial charge in [0.15, 0.2) is 0 Å². The number of morpholine rings is 1. The Bertz CT molecular complexity index is 676. The number of alkyl halides is 3. The largest absolute Gasteiger partial charge is 0.481 e. The van der Waals surface area contributed by atoms with Gasteiger partial charge in [0.05, 0.1) is 31.2 Å².